The Bertz CT molecular complexity index is 1260. The number of halogens is 2. The molecule has 2 aromatic carbocycles. The van der Waals surface area contributed by atoms with Crippen molar-refractivity contribution in [1.82, 2.24) is 15.8 Å². The molecule has 41 heavy (non-hydrogen) atoms. The number of pyridine rings is 1. The fourth-order valence-corrected chi connectivity index (χ4v) is 3.31. The van der Waals surface area contributed by atoms with Crippen LogP contribution in [0.25, 0.3) is 0 Å². The molecule has 0 bridgehead atoms. The smallest absolute Gasteiger partial charge is 0.269 e. The molecular weight excluding hydrogens is 538 g/mol. The minimum Gasteiger partial charge on any atom is -0.490 e. The van der Waals surface area contributed by atoms with Gasteiger partial charge in [0, 0.05) is 36.3 Å². The van der Waals surface area contributed by atoms with Crippen molar-refractivity contribution < 1.29 is 32.6 Å². The van der Waals surface area contributed by atoms with Crippen LogP contribution in [-0.4, -0.2) is 56.0 Å². The van der Waals surface area contributed by atoms with Crippen LogP contribution in [0.5, 0.6) is 11.5 Å². The first kappa shape index (κ1) is 32.4. The monoisotopic (exact) mass is 572 g/mol. The maximum atomic E-state index is 13.3. The molecule has 1 heterocycles. The molecule has 13 heteroatoms. The maximum absolute atomic E-state index is 13.3. The second-order valence-corrected chi connectivity index (χ2v) is 8.25. The number of nitrogens with two attached hydrogens (primary N) is 1. The topological polar surface area (TPSA) is 161 Å². The van der Waals surface area contributed by atoms with Crippen molar-refractivity contribution in [3.63, 3.8) is 0 Å². The standard InChI is InChI=1S/C26H30N6O5.C2H4F2/c1-3-36-22-16-19(6-9-21(22)37-15-14-35-2)23(30-20-7-4-17(5-8-20)24(27)28)26(34)32-31-25(33)18-10-12-29-13-11-18;1-2(3)4/h4-13,16,23,30H,3,14-15H2,1-2H3,(H3,27,28)(H,31,33)(H,32,34);2H,1H3. The molecule has 3 aromatic rings. The fraction of sp³-hybridized carbons (Fsp3) is 0.286. The van der Waals surface area contributed by atoms with E-state index in [2.05, 4.69) is 21.2 Å². The first-order chi connectivity index (χ1) is 19.7. The van der Waals surface area contributed by atoms with Crippen molar-refractivity contribution in [2.45, 2.75) is 26.3 Å². The number of hydrogen-bond acceptors (Lipinski definition) is 8. The van der Waals surface area contributed by atoms with Gasteiger partial charge in [-0.3, -0.25) is 30.8 Å². The third kappa shape index (κ3) is 11.1. The lowest BCUT2D eigenvalue weighted by molar-refractivity contribution is -0.122. The highest BCUT2D eigenvalue weighted by atomic mass is 19.3. The minimum absolute atomic E-state index is 0.0647. The normalized spacial score (nSPS) is 11.0. The Labute approximate surface area is 236 Å². The van der Waals surface area contributed by atoms with Gasteiger partial charge in [-0.15, -0.1) is 0 Å². The van der Waals surface area contributed by atoms with Crippen molar-refractivity contribution in [2.24, 2.45) is 5.73 Å². The number of amides is 2. The van der Waals surface area contributed by atoms with E-state index in [1.54, 1.807) is 49.6 Å². The van der Waals surface area contributed by atoms with E-state index in [1.165, 1.54) is 24.5 Å². The SMILES string of the molecule is CC(F)F.CCOc1cc(C(Nc2ccc(C(=N)N)cc2)C(=O)NNC(=O)c2ccncc2)ccc1OCCOC. The molecule has 0 saturated carbocycles. The van der Waals surface area contributed by atoms with Gasteiger partial charge in [-0.2, -0.15) is 0 Å². The number of amidine groups is 1. The molecule has 11 nitrogen and oxygen atoms in total. The summed E-state index contributed by atoms with van der Waals surface area (Å²) in [6, 6.07) is 14.0. The lowest BCUT2D eigenvalue weighted by Crippen LogP contribution is -2.45. The first-order valence-corrected chi connectivity index (χ1v) is 12.5. The van der Waals surface area contributed by atoms with Crippen molar-refractivity contribution >= 4 is 23.3 Å². The van der Waals surface area contributed by atoms with E-state index in [4.69, 9.17) is 25.4 Å². The van der Waals surface area contributed by atoms with Crippen molar-refractivity contribution in [3.05, 3.63) is 83.7 Å². The fourth-order valence-electron chi connectivity index (χ4n) is 3.31. The number of methoxy groups -OCH3 is 1. The molecule has 0 radical (unpaired) electrons. The van der Waals surface area contributed by atoms with Crippen LogP contribution >= 0.6 is 0 Å². The molecule has 0 spiro atoms. The number of carbonyl (C=O) groups is 2. The van der Waals surface area contributed by atoms with Crippen LogP contribution in [0.1, 0.15) is 41.4 Å². The Balaban J connectivity index is 0.00000138. The quantitative estimate of drug-likeness (QED) is 0.0951. The number of nitrogens with one attached hydrogen (secondary N) is 4. The summed E-state index contributed by atoms with van der Waals surface area (Å²) in [5, 5.41) is 10.7. The van der Waals surface area contributed by atoms with Gasteiger partial charge in [-0.1, -0.05) is 6.07 Å². The molecule has 3 rings (SSSR count). The molecule has 2 amide bonds. The van der Waals surface area contributed by atoms with E-state index in [9.17, 15) is 18.4 Å². The minimum atomic E-state index is -2.17. The van der Waals surface area contributed by atoms with E-state index < -0.39 is 24.3 Å². The van der Waals surface area contributed by atoms with Crippen LogP contribution < -0.4 is 31.4 Å². The lowest BCUT2D eigenvalue weighted by Gasteiger charge is -2.22. The predicted molar refractivity (Wildman–Crippen MR) is 150 cm³/mol. The zero-order chi connectivity index (χ0) is 30.2. The van der Waals surface area contributed by atoms with Gasteiger partial charge in [0.25, 0.3) is 11.8 Å². The van der Waals surface area contributed by atoms with Gasteiger partial charge in [0.2, 0.25) is 6.43 Å². The highest BCUT2D eigenvalue weighted by molar-refractivity contribution is 5.97. The number of nitrogen functional groups attached to an aromatic ring is 1. The number of alkyl halides is 2. The van der Waals surface area contributed by atoms with Crippen molar-refractivity contribution in [2.75, 3.05) is 32.2 Å². The molecule has 1 unspecified atom stereocenters. The van der Waals surface area contributed by atoms with Crippen LogP contribution in [0, 0.1) is 5.41 Å². The summed E-state index contributed by atoms with van der Waals surface area (Å²) in [7, 11) is 1.58. The zero-order valence-electron chi connectivity index (χ0n) is 22.9. The van der Waals surface area contributed by atoms with Crippen LogP contribution in [-0.2, 0) is 9.53 Å². The zero-order valence-corrected chi connectivity index (χ0v) is 22.9. The Hall–Kier alpha value is -4.78. The number of hydrogen-bond donors (Lipinski definition) is 5. The molecular formula is C28H34F2N6O5. The summed E-state index contributed by atoms with van der Waals surface area (Å²) in [6.45, 7) is 3.82. The van der Waals surface area contributed by atoms with E-state index in [0.29, 0.717) is 53.7 Å². The van der Waals surface area contributed by atoms with Gasteiger partial charge in [0.1, 0.15) is 18.5 Å². The largest absolute Gasteiger partial charge is 0.490 e. The third-order valence-electron chi connectivity index (χ3n) is 5.16. The average molecular weight is 573 g/mol. The summed E-state index contributed by atoms with van der Waals surface area (Å²) in [6.07, 6.45) is 0.800. The summed E-state index contributed by atoms with van der Waals surface area (Å²) in [4.78, 5) is 29.6. The molecule has 1 aromatic heterocycles. The predicted octanol–water partition coefficient (Wildman–Crippen LogP) is 3.68. The number of aromatic nitrogens is 1. The number of hydrazine groups is 1. The second-order valence-electron chi connectivity index (χ2n) is 8.25. The van der Waals surface area contributed by atoms with Crippen LogP contribution in [0.15, 0.2) is 67.0 Å². The molecule has 0 saturated heterocycles. The summed E-state index contributed by atoms with van der Waals surface area (Å²) in [5.41, 5.74) is 12.5. The number of nitrogens with zero attached hydrogens (tertiary/aromatic N) is 1. The lowest BCUT2D eigenvalue weighted by atomic mass is 10.0. The Morgan fingerprint density at radius 3 is 2.20 bits per heavy atom. The van der Waals surface area contributed by atoms with E-state index >= 15 is 0 Å². The van der Waals surface area contributed by atoms with Gasteiger partial charge in [-0.25, -0.2) is 8.78 Å². The number of rotatable bonds is 12. The number of carbonyl (C=O) groups excluding carboxylic acids is 2. The highest BCUT2D eigenvalue weighted by Gasteiger charge is 2.23. The van der Waals surface area contributed by atoms with Crippen LogP contribution in [0.4, 0.5) is 14.5 Å². The number of anilines is 1. The highest BCUT2D eigenvalue weighted by Crippen LogP contribution is 2.32. The second kappa shape index (κ2) is 17.0. The van der Waals surface area contributed by atoms with E-state index in [-0.39, 0.29) is 5.84 Å². The van der Waals surface area contributed by atoms with Crippen molar-refractivity contribution in [3.8, 4) is 11.5 Å². The maximum Gasteiger partial charge on any atom is 0.269 e. The first-order valence-electron chi connectivity index (χ1n) is 12.5. The Morgan fingerprint density at radius 2 is 1.61 bits per heavy atom. The molecule has 0 aliphatic heterocycles. The van der Waals surface area contributed by atoms with E-state index in [1.807, 2.05) is 6.92 Å². The summed E-state index contributed by atoms with van der Waals surface area (Å²) in [5.74, 6) is -0.0992. The average Bonchev–Trinajstić information content (AvgIpc) is 2.96. The van der Waals surface area contributed by atoms with Gasteiger partial charge in [0.05, 0.1) is 13.2 Å². The Morgan fingerprint density at radius 1 is 0.951 bits per heavy atom. The number of benzene rings is 2. The number of ether oxygens (including phenoxy) is 3. The molecule has 0 aliphatic rings. The molecule has 1 atom stereocenters. The van der Waals surface area contributed by atoms with Crippen molar-refractivity contribution in [1.29, 1.82) is 5.41 Å². The third-order valence-corrected chi connectivity index (χ3v) is 5.16. The molecule has 220 valence electrons. The summed E-state index contributed by atoms with van der Waals surface area (Å²) >= 11 is 0. The molecule has 6 N–H and O–H groups in total. The van der Waals surface area contributed by atoms with Gasteiger partial charge in [0.15, 0.2) is 11.5 Å². The van der Waals surface area contributed by atoms with Gasteiger partial charge < -0.3 is 25.3 Å². The van der Waals surface area contributed by atoms with Crippen LogP contribution in [0.3, 0.4) is 0 Å². The van der Waals surface area contributed by atoms with Gasteiger partial charge >= 0.3 is 0 Å². The molecule has 0 fully saturated rings. The van der Waals surface area contributed by atoms with Gasteiger partial charge in [-0.05, 0) is 67.9 Å². The van der Waals surface area contributed by atoms with Crippen LogP contribution in [0.2, 0.25) is 0 Å². The van der Waals surface area contributed by atoms with E-state index in [0.717, 1.165) is 6.92 Å². The molecule has 0 aliphatic carbocycles. The Kier molecular flexibility index (Phi) is 13.5. The summed E-state index contributed by atoms with van der Waals surface area (Å²) < 4.78 is 37.2.